The van der Waals surface area contributed by atoms with Crippen molar-refractivity contribution < 1.29 is 4.74 Å². The van der Waals surface area contributed by atoms with Gasteiger partial charge in [0.2, 0.25) is 0 Å². The van der Waals surface area contributed by atoms with Crippen LogP contribution in [0.5, 0.6) is 0 Å². The minimum atomic E-state index is 0.874. The van der Waals surface area contributed by atoms with E-state index in [-0.39, 0.29) is 0 Å². The summed E-state index contributed by atoms with van der Waals surface area (Å²) >= 11 is 7.19. The Morgan fingerprint density at radius 2 is 1.04 bits per heavy atom. The van der Waals surface area contributed by atoms with E-state index in [1.165, 1.54) is 32.9 Å². The molecule has 2 rings (SSSR count). The lowest BCUT2D eigenvalue weighted by Gasteiger charge is -2.07. The summed E-state index contributed by atoms with van der Waals surface area (Å²) in [7, 11) is 0. The average Bonchev–Trinajstić information content (AvgIpc) is 2.56. The van der Waals surface area contributed by atoms with Crippen molar-refractivity contribution in [3.8, 4) is 0 Å². The maximum absolute atomic E-state index is 5.75. The minimum absolute atomic E-state index is 0.874. The molecule has 0 aromatic heterocycles. The maximum Gasteiger partial charge on any atom is 0.0466 e. The Balaban J connectivity index is 1.47. The van der Waals surface area contributed by atoms with Crippen LogP contribution in [-0.4, -0.2) is 13.2 Å². The number of aryl methyl sites for hydroxylation is 2. The SMILES string of the molecule is Brc1ccccc1CCCCOCCCCc1ccccc1Br. The first kappa shape index (κ1) is 18.7. The van der Waals surface area contributed by atoms with Crippen molar-refractivity contribution in [3.63, 3.8) is 0 Å². The van der Waals surface area contributed by atoms with E-state index in [4.69, 9.17) is 4.74 Å². The fourth-order valence-electron chi connectivity index (χ4n) is 2.54. The van der Waals surface area contributed by atoms with Crippen molar-refractivity contribution >= 4 is 31.9 Å². The molecule has 0 spiro atoms. The van der Waals surface area contributed by atoms with Crippen molar-refractivity contribution in [3.05, 3.63) is 68.6 Å². The summed E-state index contributed by atoms with van der Waals surface area (Å²) in [6, 6.07) is 16.9. The molecular weight excluding hydrogens is 416 g/mol. The van der Waals surface area contributed by atoms with Gasteiger partial charge < -0.3 is 4.74 Å². The number of hydrogen-bond donors (Lipinski definition) is 0. The molecule has 0 bridgehead atoms. The van der Waals surface area contributed by atoms with Crippen LogP contribution in [0.2, 0.25) is 0 Å². The van der Waals surface area contributed by atoms with Crippen LogP contribution in [0.25, 0.3) is 0 Å². The summed E-state index contributed by atoms with van der Waals surface area (Å²) in [5.74, 6) is 0. The molecule has 3 heteroatoms. The van der Waals surface area contributed by atoms with Gasteiger partial charge in [0.15, 0.2) is 0 Å². The van der Waals surface area contributed by atoms with E-state index in [1.807, 2.05) is 0 Å². The molecular formula is C20H24Br2O. The lowest BCUT2D eigenvalue weighted by atomic mass is 10.1. The molecule has 0 aliphatic heterocycles. The smallest absolute Gasteiger partial charge is 0.0466 e. The van der Waals surface area contributed by atoms with Gasteiger partial charge in [-0.25, -0.2) is 0 Å². The van der Waals surface area contributed by atoms with Gasteiger partial charge in [0.1, 0.15) is 0 Å². The van der Waals surface area contributed by atoms with Gasteiger partial charge in [0.25, 0.3) is 0 Å². The molecule has 2 aromatic rings. The van der Waals surface area contributed by atoms with Crippen LogP contribution in [0, 0.1) is 0 Å². The van der Waals surface area contributed by atoms with Crippen LogP contribution in [0.1, 0.15) is 36.8 Å². The Labute approximate surface area is 156 Å². The number of ether oxygens (including phenoxy) is 1. The topological polar surface area (TPSA) is 9.23 Å². The summed E-state index contributed by atoms with van der Waals surface area (Å²) in [5, 5.41) is 0. The van der Waals surface area contributed by atoms with Crippen molar-refractivity contribution in [1.82, 2.24) is 0 Å². The molecule has 0 heterocycles. The highest BCUT2D eigenvalue weighted by atomic mass is 79.9. The zero-order chi connectivity index (χ0) is 16.3. The molecule has 2 aromatic carbocycles. The minimum Gasteiger partial charge on any atom is -0.381 e. The predicted molar refractivity (Wildman–Crippen MR) is 105 cm³/mol. The van der Waals surface area contributed by atoms with Gasteiger partial charge in [-0.1, -0.05) is 68.3 Å². The number of hydrogen-bond acceptors (Lipinski definition) is 1. The molecule has 0 aliphatic rings. The van der Waals surface area contributed by atoms with E-state index in [2.05, 4.69) is 80.4 Å². The van der Waals surface area contributed by atoms with Gasteiger partial charge in [0, 0.05) is 22.2 Å². The van der Waals surface area contributed by atoms with Gasteiger partial charge in [-0.3, -0.25) is 0 Å². The molecule has 23 heavy (non-hydrogen) atoms. The van der Waals surface area contributed by atoms with Crippen LogP contribution in [0.3, 0.4) is 0 Å². The zero-order valence-corrected chi connectivity index (χ0v) is 16.6. The second-order valence-electron chi connectivity index (χ2n) is 5.71. The lowest BCUT2D eigenvalue weighted by Crippen LogP contribution is -1.99. The Bertz CT molecular complexity index is 532. The van der Waals surface area contributed by atoms with Crippen molar-refractivity contribution in [2.24, 2.45) is 0 Å². The molecule has 0 N–H and O–H groups in total. The number of benzene rings is 2. The van der Waals surface area contributed by atoms with Crippen molar-refractivity contribution in [2.45, 2.75) is 38.5 Å². The Morgan fingerprint density at radius 1 is 0.609 bits per heavy atom. The third-order valence-corrected chi connectivity index (χ3v) is 5.43. The van der Waals surface area contributed by atoms with Gasteiger partial charge in [-0.15, -0.1) is 0 Å². The molecule has 0 saturated heterocycles. The fraction of sp³-hybridized carbons (Fsp3) is 0.400. The third-order valence-electron chi connectivity index (χ3n) is 3.89. The fourth-order valence-corrected chi connectivity index (χ4v) is 3.51. The molecule has 0 atom stereocenters. The predicted octanol–water partition coefficient (Wildman–Crippen LogP) is 6.57. The standard InChI is InChI=1S/C20H24Br2O/c21-19-13-3-1-9-17(19)11-5-7-15-23-16-8-6-12-18-10-2-4-14-20(18)22/h1-4,9-10,13-14H,5-8,11-12,15-16H2. The molecule has 0 amide bonds. The molecule has 124 valence electrons. The second kappa shape index (κ2) is 11.0. The molecule has 0 aliphatic carbocycles. The first-order valence-corrected chi connectivity index (χ1v) is 9.90. The van der Waals surface area contributed by atoms with Gasteiger partial charge >= 0.3 is 0 Å². The Kier molecular flexibility index (Phi) is 8.95. The Hall–Kier alpha value is -0.640. The molecule has 0 fully saturated rings. The van der Waals surface area contributed by atoms with E-state index < -0.39 is 0 Å². The largest absolute Gasteiger partial charge is 0.381 e. The summed E-state index contributed by atoms with van der Waals surface area (Å²) in [5.41, 5.74) is 2.78. The first-order chi connectivity index (χ1) is 11.3. The second-order valence-corrected chi connectivity index (χ2v) is 7.42. The van der Waals surface area contributed by atoms with Crippen LogP contribution < -0.4 is 0 Å². The van der Waals surface area contributed by atoms with Crippen LogP contribution in [-0.2, 0) is 17.6 Å². The van der Waals surface area contributed by atoms with Crippen molar-refractivity contribution in [1.29, 1.82) is 0 Å². The van der Waals surface area contributed by atoms with Crippen LogP contribution >= 0.6 is 31.9 Å². The normalized spacial score (nSPS) is 10.9. The number of rotatable bonds is 10. The van der Waals surface area contributed by atoms with Gasteiger partial charge in [-0.05, 0) is 61.8 Å². The first-order valence-electron chi connectivity index (χ1n) is 8.32. The summed E-state index contributed by atoms with van der Waals surface area (Å²) in [4.78, 5) is 0. The average molecular weight is 440 g/mol. The zero-order valence-electron chi connectivity index (χ0n) is 13.4. The monoisotopic (exact) mass is 438 g/mol. The van der Waals surface area contributed by atoms with E-state index in [1.54, 1.807) is 0 Å². The van der Waals surface area contributed by atoms with E-state index in [0.717, 1.165) is 38.9 Å². The molecule has 1 nitrogen and oxygen atoms in total. The molecule has 0 radical (unpaired) electrons. The number of unbranched alkanes of at least 4 members (excludes halogenated alkanes) is 2. The third kappa shape index (κ3) is 7.19. The van der Waals surface area contributed by atoms with Gasteiger partial charge in [0.05, 0.1) is 0 Å². The molecule has 0 unspecified atom stereocenters. The summed E-state index contributed by atoms with van der Waals surface area (Å²) in [6.07, 6.45) is 6.86. The highest BCUT2D eigenvalue weighted by Crippen LogP contribution is 2.19. The van der Waals surface area contributed by atoms with Crippen LogP contribution in [0.4, 0.5) is 0 Å². The highest BCUT2D eigenvalue weighted by Gasteiger charge is 2.00. The van der Waals surface area contributed by atoms with E-state index in [9.17, 15) is 0 Å². The maximum atomic E-state index is 5.75. The van der Waals surface area contributed by atoms with Crippen LogP contribution in [0.15, 0.2) is 57.5 Å². The summed E-state index contributed by atoms with van der Waals surface area (Å²) in [6.45, 7) is 1.75. The quantitative estimate of drug-likeness (QED) is 0.380. The van der Waals surface area contributed by atoms with Gasteiger partial charge in [-0.2, -0.15) is 0 Å². The molecule has 0 saturated carbocycles. The Morgan fingerprint density at radius 3 is 1.48 bits per heavy atom. The van der Waals surface area contributed by atoms with Crippen molar-refractivity contribution in [2.75, 3.05) is 13.2 Å². The lowest BCUT2D eigenvalue weighted by molar-refractivity contribution is 0.127. The van der Waals surface area contributed by atoms with E-state index in [0.29, 0.717) is 0 Å². The van der Waals surface area contributed by atoms with E-state index >= 15 is 0 Å². The number of halogens is 2. The highest BCUT2D eigenvalue weighted by molar-refractivity contribution is 9.10. The summed E-state index contributed by atoms with van der Waals surface area (Å²) < 4.78 is 8.18.